The van der Waals surface area contributed by atoms with E-state index in [0.717, 1.165) is 11.4 Å². The zero-order chi connectivity index (χ0) is 29.6. The van der Waals surface area contributed by atoms with Gasteiger partial charge in [0.15, 0.2) is 12.3 Å². The monoisotopic (exact) mass is 570 g/mol. The lowest BCUT2D eigenvalue weighted by molar-refractivity contribution is 0.549. The Hall–Kier alpha value is -5.48. The summed E-state index contributed by atoms with van der Waals surface area (Å²) in [6.45, 7) is 4.47. The Morgan fingerprint density at radius 1 is 0.318 bits per heavy atom. The second kappa shape index (κ2) is 10.7. The molecule has 0 aliphatic carbocycles. The second-order valence-corrected chi connectivity index (χ2v) is 11.5. The van der Waals surface area contributed by atoms with Crippen molar-refractivity contribution in [1.29, 1.82) is 0 Å². The van der Waals surface area contributed by atoms with Gasteiger partial charge in [-0.3, -0.25) is 0 Å². The van der Waals surface area contributed by atoms with E-state index in [1.807, 2.05) is 0 Å². The molecule has 0 aromatic heterocycles. The number of hydrogen-bond acceptors (Lipinski definition) is 4. The lowest BCUT2D eigenvalue weighted by Gasteiger charge is -2.44. The van der Waals surface area contributed by atoms with Crippen LogP contribution in [0.3, 0.4) is 0 Å². The number of rotatable bonds is 5. The number of fused-ring (bicyclic) bond motifs is 2. The SMILES string of the molecule is Cc1cccc2c1N(c1ccccc1)C(C1N(c3ccccc3)c3cccc(C)c3N1c1ccccc1)N2c1ccccc1. The van der Waals surface area contributed by atoms with Gasteiger partial charge in [0.05, 0.1) is 22.7 Å². The summed E-state index contributed by atoms with van der Waals surface area (Å²) in [6, 6.07) is 56.9. The lowest BCUT2D eigenvalue weighted by atomic mass is 10.1. The van der Waals surface area contributed by atoms with E-state index < -0.39 is 0 Å². The van der Waals surface area contributed by atoms with Gasteiger partial charge in [-0.2, -0.15) is 0 Å². The van der Waals surface area contributed by atoms with E-state index in [1.165, 1.54) is 45.3 Å². The van der Waals surface area contributed by atoms with Gasteiger partial charge in [0.1, 0.15) is 0 Å². The first-order valence-electron chi connectivity index (χ1n) is 15.3. The van der Waals surface area contributed by atoms with Crippen LogP contribution in [-0.4, -0.2) is 12.3 Å². The van der Waals surface area contributed by atoms with Gasteiger partial charge in [-0.1, -0.05) is 97.1 Å². The minimum Gasteiger partial charge on any atom is -0.314 e. The normalized spacial score (nSPS) is 17.1. The van der Waals surface area contributed by atoms with Crippen LogP contribution in [0, 0.1) is 13.8 Å². The molecule has 44 heavy (non-hydrogen) atoms. The Bertz CT molecular complexity index is 1770. The molecule has 8 rings (SSSR count). The van der Waals surface area contributed by atoms with Gasteiger partial charge < -0.3 is 19.6 Å². The van der Waals surface area contributed by atoms with Crippen molar-refractivity contribution in [2.75, 3.05) is 19.6 Å². The highest BCUT2D eigenvalue weighted by molar-refractivity contribution is 5.95. The van der Waals surface area contributed by atoms with Crippen LogP contribution in [-0.2, 0) is 0 Å². The van der Waals surface area contributed by atoms with Crippen LogP contribution < -0.4 is 19.6 Å². The van der Waals surface area contributed by atoms with Crippen LogP contribution in [0.25, 0.3) is 0 Å². The molecule has 0 saturated heterocycles. The third kappa shape index (κ3) is 4.06. The predicted molar refractivity (Wildman–Crippen MR) is 184 cm³/mol. The second-order valence-electron chi connectivity index (χ2n) is 11.5. The molecule has 0 spiro atoms. The smallest absolute Gasteiger partial charge is 0.151 e. The molecular weight excluding hydrogens is 536 g/mol. The quantitative estimate of drug-likeness (QED) is 0.204. The zero-order valence-corrected chi connectivity index (χ0v) is 25.0. The maximum atomic E-state index is 2.56. The fourth-order valence-corrected chi connectivity index (χ4v) is 7.12. The molecule has 2 aliphatic heterocycles. The summed E-state index contributed by atoms with van der Waals surface area (Å²) in [7, 11) is 0. The van der Waals surface area contributed by atoms with E-state index in [2.05, 4.69) is 191 Å². The van der Waals surface area contributed by atoms with E-state index in [9.17, 15) is 0 Å². The number of hydrogen-bond donors (Lipinski definition) is 0. The number of anilines is 8. The molecule has 6 aromatic rings. The molecule has 0 N–H and O–H groups in total. The highest BCUT2D eigenvalue weighted by Crippen LogP contribution is 2.57. The van der Waals surface area contributed by atoms with Crippen molar-refractivity contribution in [2.45, 2.75) is 26.2 Å². The Labute approximate surface area is 259 Å². The summed E-state index contributed by atoms with van der Waals surface area (Å²) in [5.41, 5.74) is 12.0. The molecular formula is C40H34N4. The number of nitrogens with zero attached hydrogens (tertiary/aromatic N) is 4. The van der Waals surface area contributed by atoms with Crippen LogP contribution in [0.4, 0.5) is 45.5 Å². The van der Waals surface area contributed by atoms with E-state index in [0.29, 0.717) is 0 Å². The topological polar surface area (TPSA) is 13.0 Å². The maximum absolute atomic E-state index is 2.56. The Morgan fingerprint density at radius 3 is 0.932 bits per heavy atom. The molecule has 2 aliphatic rings. The van der Waals surface area contributed by atoms with Crippen molar-refractivity contribution in [1.82, 2.24) is 0 Å². The van der Waals surface area contributed by atoms with E-state index >= 15 is 0 Å². The number of aryl methyl sites for hydroxylation is 2. The Kier molecular flexibility index (Phi) is 6.34. The Balaban J connectivity index is 1.47. The number of para-hydroxylation sites is 6. The van der Waals surface area contributed by atoms with E-state index in [1.54, 1.807) is 0 Å². The molecule has 0 bridgehead atoms. The van der Waals surface area contributed by atoms with E-state index in [-0.39, 0.29) is 12.3 Å². The average molecular weight is 571 g/mol. The highest BCUT2D eigenvalue weighted by Gasteiger charge is 2.52. The molecule has 6 aromatic carbocycles. The predicted octanol–water partition coefficient (Wildman–Crippen LogP) is 10.2. The summed E-state index contributed by atoms with van der Waals surface area (Å²) in [6.07, 6.45) is -0.272. The zero-order valence-electron chi connectivity index (χ0n) is 25.0. The molecule has 214 valence electrons. The van der Waals surface area contributed by atoms with Gasteiger partial charge in [-0.25, -0.2) is 0 Å². The third-order valence-corrected chi connectivity index (χ3v) is 8.90. The molecule has 0 fully saturated rings. The van der Waals surface area contributed by atoms with Crippen molar-refractivity contribution in [3.05, 3.63) is 169 Å². The molecule has 4 nitrogen and oxygen atoms in total. The van der Waals surface area contributed by atoms with E-state index in [4.69, 9.17) is 0 Å². The van der Waals surface area contributed by atoms with Crippen molar-refractivity contribution in [3.63, 3.8) is 0 Å². The first-order chi connectivity index (χ1) is 21.7. The highest BCUT2D eigenvalue weighted by atomic mass is 15.5. The van der Waals surface area contributed by atoms with Crippen molar-refractivity contribution in [3.8, 4) is 0 Å². The maximum Gasteiger partial charge on any atom is 0.151 e. The number of benzene rings is 6. The van der Waals surface area contributed by atoms with Gasteiger partial charge in [0.2, 0.25) is 0 Å². The van der Waals surface area contributed by atoms with Gasteiger partial charge in [-0.05, 0) is 85.6 Å². The molecule has 2 unspecified atom stereocenters. The standard InChI is InChI=1S/C40H34N4/c1-29-17-15-27-35-37(29)43(33-23-11-5-12-24-33)39(41(35)31-19-7-3-8-20-31)40-42(32-21-9-4-10-22-32)36-28-16-18-30(2)38(36)44(40)34-25-13-6-14-26-34/h3-28,39-40H,1-2H3. The van der Waals surface area contributed by atoms with Crippen LogP contribution >= 0.6 is 0 Å². The van der Waals surface area contributed by atoms with Crippen molar-refractivity contribution in [2.24, 2.45) is 0 Å². The molecule has 0 amide bonds. The van der Waals surface area contributed by atoms with Gasteiger partial charge >= 0.3 is 0 Å². The first-order valence-corrected chi connectivity index (χ1v) is 15.3. The molecule has 0 saturated carbocycles. The van der Waals surface area contributed by atoms with Crippen LogP contribution in [0.5, 0.6) is 0 Å². The fourth-order valence-electron chi connectivity index (χ4n) is 7.12. The minimum absolute atomic E-state index is 0.136. The molecule has 4 heteroatoms. The summed E-state index contributed by atoms with van der Waals surface area (Å²) in [4.78, 5) is 10.2. The van der Waals surface area contributed by atoms with Gasteiger partial charge in [0.25, 0.3) is 0 Å². The molecule has 2 atom stereocenters. The van der Waals surface area contributed by atoms with Crippen molar-refractivity contribution >= 4 is 45.5 Å². The first kappa shape index (κ1) is 26.2. The Morgan fingerprint density at radius 2 is 0.614 bits per heavy atom. The average Bonchev–Trinajstić information content (AvgIpc) is 3.61. The summed E-state index contributed by atoms with van der Waals surface area (Å²) in [5, 5.41) is 0. The van der Waals surface area contributed by atoms with Crippen LogP contribution in [0.15, 0.2) is 158 Å². The van der Waals surface area contributed by atoms with Gasteiger partial charge in [-0.15, -0.1) is 0 Å². The largest absolute Gasteiger partial charge is 0.314 e. The summed E-state index contributed by atoms with van der Waals surface area (Å²) >= 11 is 0. The van der Waals surface area contributed by atoms with Crippen molar-refractivity contribution < 1.29 is 0 Å². The third-order valence-electron chi connectivity index (χ3n) is 8.90. The minimum atomic E-state index is -0.136. The van der Waals surface area contributed by atoms with Crippen LogP contribution in [0.2, 0.25) is 0 Å². The van der Waals surface area contributed by atoms with Crippen LogP contribution in [0.1, 0.15) is 11.1 Å². The fraction of sp³-hybridized carbons (Fsp3) is 0.100. The molecule has 2 heterocycles. The summed E-state index contributed by atoms with van der Waals surface area (Å²) < 4.78 is 0. The van der Waals surface area contributed by atoms with Gasteiger partial charge in [0, 0.05) is 22.7 Å². The summed E-state index contributed by atoms with van der Waals surface area (Å²) in [5.74, 6) is 0. The molecule has 0 radical (unpaired) electrons. The lowest BCUT2D eigenvalue weighted by Crippen LogP contribution is -2.58.